The third-order valence-electron chi connectivity index (χ3n) is 5.24. The fraction of sp³-hybridized carbons (Fsp3) is 0.286. The Morgan fingerprint density at radius 2 is 1.93 bits per heavy atom. The number of piperidine rings is 1. The average molecular weight is 431 g/mol. The van der Waals surface area contributed by atoms with E-state index in [1.54, 1.807) is 19.2 Å². The van der Waals surface area contributed by atoms with Crippen molar-refractivity contribution in [2.24, 2.45) is 7.05 Å². The molecule has 154 valence electrons. The highest BCUT2D eigenvalue weighted by Crippen LogP contribution is 2.31. The molecule has 3 heterocycles. The Morgan fingerprint density at radius 3 is 2.60 bits per heavy atom. The number of rotatable bonds is 3. The average Bonchev–Trinajstić information content (AvgIpc) is 2.74. The van der Waals surface area contributed by atoms with Crippen LogP contribution in [-0.4, -0.2) is 28.7 Å². The zero-order chi connectivity index (χ0) is 21.4. The molecule has 6 nitrogen and oxygen atoms in total. The number of ether oxygens (including phenoxy) is 1. The first-order valence-corrected chi connectivity index (χ1v) is 9.73. The maximum Gasteiger partial charge on any atom is 0.270 e. The second-order valence-electron chi connectivity index (χ2n) is 7.08. The van der Waals surface area contributed by atoms with E-state index in [0.717, 1.165) is 12.1 Å². The number of aryl methyl sites for hydroxylation is 1. The Hall–Kier alpha value is -3.18. The van der Waals surface area contributed by atoms with E-state index in [4.69, 9.17) is 16.3 Å². The largest absolute Gasteiger partial charge is 0.490 e. The summed E-state index contributed by atoms with van der Waals surface area (Å²) in [6.45, 7) is 0.999. The minimum atomic E-state index is -0.960. The van der Waals surface area contributed by atoms with Crippen LogP contribution in [0, 0.1) is 23.0 Å². The number of hydrogen-bond donors (Lipinski definition) is 0. The molecule has 1 aliphatic heterocycles. The second kappa shape index (κ2) is 7.92. The molecule has 1 aromatic carbocycles. The van der Waals surface area contributed by atoms with Gasteiger partial charge in [0.15, 0.2) is 11.6 Å². The van der Waals surface area contributed by atoms with E-state index in [-0.39, 0.29) is 22.6 Å². The van der Waals surface area contributed by atoms with Crippen LogP contribution >= 0.6 is 11.6 Å². The molecule has 1 aliphatic rings. The van der Waals surface area contributed by atoms with E-state index < -0.39 is 17.2 Å². The Balaban J connectivity index is 1.62. The van der Waals surface area contributed by atoms with E-state index in [1.807, 2.05) is 11.0 Å². The van der Waals surface area contributed by atoms with Crippen molar-refractivity contribution in [2.45, 2.75) is 18.9 Å². The fourth-order valence-corrected chi connectivity index (χ4v) is 3.87. The summed E-state index contributed by atoms with van der Waals surface area (Å²) < 4.78 is 33.7. The van der Waals surface area contributed by atoms with Gasteiger partial charge in [-0.25, -0.2) is 13.8 Å². The van der Waals surface area contributed by atoms with E-state index in [9.17, 15) is 18.8 Å². The van der Waals surface area contributed by atoms with Crippen molar-refractivity contribution < 1.29 is 13.5 Å². The summed E-state index contributed by atoms with van der Waals surface area (Å²) >= 11 is 6.08. The predicted molar refractivity (Wildman–Crippen MR) is 109 cm³/mol. The Bertz CT molecular complexity index is 1230. The van der Waals surface area contributed by atoms with Crippen LogP contribution in [0.1, 0.15) is 18.4 Å². The van der Waals surface area contributed by atoms with Crippen molar-refractivity contribution in [1.82, 2.24) is 9.55 Å². The van der Waals surface area contributed by atoms with Crippen LogP contribution in [0.4, 0.5) is 14.5 Å². The summed E-state index contributed by atoms with van der Waals surface area (Å²) in [5.41, 5.74) is 1.15. The van der Waals surface area contributed by atoms with Crippen LogP contribution in [0.3, 0.4) is 0 Å². The van der Waals surface area contributed by atoms with Crippen LogP contribution in [0.5, 0.6) is 5.75 Å². The summed E-state index contributed by atoms with van der Waals surface area (Å²) in [6.07, 6.45) is 0.938. The maximum atomic E-state index is 13.4. The minimum absolute atomic E-state index is 0.0136. The summed E-state index contributed by atoms with van der Waals surface area (Å²) in [5, 5.41) is 9.90. The summed E-state index contributed by atoms with van der Waals surface area (Å²) in [6, 6.07) is 8.75. The third kappa shape index (κ3) is 3.57. The van der Waals surface area contributed by atoms with Gasteiger partial charge in [0.25, 0.3) is 5.56 Å². The molecule has 0 spiro atoms. The highest BCUT2D eigenvalue weighted by molar-refractivity contribution is 6.29. The number of hydrogen-bond acceptors (Lipinski definition) is 5. The van der Waals surface area contributed by atoms with Crippen molar-refractivity contribution >= 4 is 28.3 Å². The van der Waals surface area contributed by atoms with Gasteiger partial charge in [-0.05, 0) is 24.3 Å². The molecule has 0 unspecified atom stereocenters. The Labute approximate surface area is 175 Å². The van der Waals surface area contributed by atoms with Crippen LogP contribution < -0.4 is 15.2 Å². The zero-order valence-electron chi connectivity index (χ0n) is 16.0. The van der Waals surface area contributed by atoms with E-state index in [1.165, 1.54) is 10.6 Å². The number of aromatic nitrogens is 2. The smallest absolute Gasteiger partial charge is 0.270 e. The third-order valence-corrected chi connectivity index (χ3v) is 5.46. The van der Waals surface area contributed by atoms with Gasteiger partial charge in [0.1, 0.15) is 34.2 Å². The molecule has 0 saturated carbocycles. The number of pyridine rings is 2. The highest BCUT2D eigenvalue weighted by Gasteiger charge is 2.27. The van der Waals surface area contributed by atoms with Crippen molar-refractivity contribution in [3.05, 3.63) is 63.0 Å². The molecular formula is C21H17ClF2N4O2. The molecule has 4 rings (SSSR count). The van der Waals surface area contributed by atoms with E-state index in [0.29, 0.717) is 42.7 Å². The number of nitriles is 1. The van der Waals surface area contributed by atoms with Gasteiger partial charge in [-0.1, -0.05) is 11.6 Å². The molecule has 1 fully saturated rings. The Kier molecular flexibility index (Phi) is 5.31. The monoisotopic (exact) mass is 430 g/mol. The van der Waals surface area contributed by atoms with Crippen molar-refractivity contribution in [2.75, 3.05) is 18.0 Å². The van der Waals surface area contributed by atoms with Crippen LogP contribution in [0.2, 0.25) is 5.15 Å². The molecular weight excluding hydrogens is 414 g/mol. The number of halogens is 3. The van der Waals surface area contributed by atoms with Crippen molar-refractivity contribution in [1.29, 1.82) is 5.26 Å². The fourth-order valence-electron chi connectivity index (χ4n) is 3.72. The molecule has 0 N–H and O–H groups in total. The number of anilines is 1. The molecule has 2 aromatic heterocycles. The maximum absolute atomic E-state index is 13.4. The number of benzene rings is 1. The predicted octanol–water partition coefficient (Wildman–Crippen LogP) is 3.78. The van der Waals surface area contributed by atoms with Crippen molar-refractivity contribution in [3.63, 3.8) is 0 Å². The topological polar surface area (TPSA) is 71.2 Å². The molecule has 0 bridgehead atoms. The number of fused-ring (bicyclic) bond motifs is 1. The lowest BCUT2D eigenvalue weighted by atomic mass is 10.0. The summed E-state index contributed by atoms with van der Waals surface area (Å²) in [4.78, 5) is 19.0. The van der Waals surface area contributed by atoms with Gasteiger partial charge in [0.2, 0.25) is 0 Å². The summed E-state index contributed by atoms with van der Waals surface area (Å²) in [7, 11) is 1.59. The first-order chi connectivity index (χ1) is 14.4. The van der Waals surface area contributed by atoms with Gasteiger partial charge in [-0.15, -0.1) is 0 Å². The molecule has 9 heteroatoms. The quantitative estimate of drug-likeness (QED) is 0.591. The van der Waals surface area contributed by atoms with Gasteiger partial charge in [-0.3, -0.25) is 4.79 Å². The lowest BCUT2D eigenvalue weighted by Crippen LogP contribution is -2.40. The van der Waals surface area contributed by atoms with Gasteiger partial charge in [0.05, 0.1) is 11.2 Å². The normalized spacial score (nSPS) is 14.7. The summed E-state index contributed by atoms with van der Waals surface area (Å²) in [5.74, 6) is -1.62. The molecule has 0 atom stereocenters. The number of nitrogens with zero attached hydrogens (tertiary/aromatic N) is 4. The molecule has 0 aliphatic carbocycles. The zero-order valence-corrected chi connectivity index (χ0v) is 16.8. The lowest BCUT2D eigenvalue weighted by Gasteiger charge is -2.34. The lowest BCUT2D eigenvalue weighted by molar-refractivity contribution is 0.170. The van der Waals surface area contributed by atoms with Crippen LogP contribution in [-0.2, 0) is 7.05 Å². The molecule has 0 amide bonds. The van der Waals surface area contributed by atoms with Crippen LogP contribution in [0.15, 0.2) is 35.1 Å². The highest BCUT2D eigenvalue weighted by atomic mass is 35.5. The minimum Gasteiger partial charge on any atom is -0.490 e. The van der Waals surface area contributed by atoms with E-state index in [2.05, 4.69) is 4.98 Å². The van der Waals surface area contributed by atoms with Gasteiger partial charge in [-0.2, -0.15) is 5.26 Å². The van der Waals surface area contributed by atoms with Gasteiger partial charge >= 0.3 is 0 Å². The molecule has 1 saturated heterocycles. The van der Waals surface area contributed by atoms with Gasteiger partial charge in [0, 0.05) is 39.0 Å². The van der Waals surface area contributed by atoms with Crippen LogP contribution in [0.25, 0.3) is 11.0 Å². The first kappa shape index (κ1) is 20.1. The molecule has 0 radical (unpaired) electrons. The standard InChI is InChI=1S/C21H17ClF2N4O2/c1-27-17-4-5-18(22)26-19(17)20(14(11-25)21(27)29)28-8-6-12(7-9-28)30-13-2-3-15(23)16(24)10-13/h2-5,10,12H,6-9H2,1H3. The molecule has 30 heavy (non-hydrogen) atoms. The van der Waals surface area contributed by atoms with Gasteiger partial charge < -0.3 is 14.2 Å². The molecule has 3 aromatic rings. The van der Waals surface area contributed by atoms with Crippen molar-refractivity contribution in [3.8, 4) is 11.8 Å². The first-order valence-electron chi connectivity index (χ1n) is 9.35. The van der Waals surface area contributed by atoms with E-state index >= 15 is 0 Å². The second-order valence-corrected chi connectivity index (χ2v) is 7.47. The SMILES string of the molecule is Cn1c(=O)c(C#N)c(N2CCC(Oc3ccc(F)c(F)c3)CC2)c2nc(Cl)ccc21. The Morgan fingerprint density at radius 1 is 1.20 bits per heavy atom.